The lowest BCUT2D eigenvalue weighted by atomic mass is 9.85. The quantitative estimate of drug-likeness (QED) is 0.736. The van der Waals surface area contributed by atoms with Crippen molar-refractivity contribution in [1.82, 2.24) is 4.90 Å². The zero-order valence-corrected chi connectivity index (χ0v) is 10.7. The summed E-state index contributed by atoms with van der Waals surface area (Å²) in [5, 5.41) is 0. The summed E-state index contributed by atoms with van der Waals surface area (Å²) in [6, 6.07) is 0. The normalized spacial score (nSPS) is 20.7. The first-order valence-electron chi connectivity index (χ1n) is 6.24. The Balaban J connectivity index is 2.53. The van der Waals surface area contributed by atoms with E-state index < -0.39 is 0 Å². The molecule has 1 amide bonds. The summed E-state index contributed by atoms with van der Waals surface area (Å²) in [4.78, 5) is 25.1. The lowest BCUT2D eigenvalue weighted by Gasteiger charge is -2.22. The number of amides is 1. The predicted molar refractivity (Wildman–Crippen MR) is 64.1 cm³/mol. The van der Waals surface area contributed by atoms with Gasteiger partial charge in [0.2, 0.25) is 5.91 Å². The lowest BCUT2D eigenvalue weighted by Crippen LogP contribution is -2.35. The number of nitrogens with zero attached hydrogens (tertiary/aromatic N) is 1. The monoisotopic (exact) mass is 225 g/mol. The van der Waals surface area contributed by atoms with Crippen molar-refractivity contribution in [2.24, 2.45) is 5.41 Å². The minimum atomic E-state index is 0.148. The van der Waals surface area contributed by atoms with Crippen LogP contribution in [0, 0.1) is 5.41 Å². The third-order valence-electron chi connectivity index (χ3n) is 3.32. The average molecular weight is 225 g/mol. The van der Waals surface area contributed by atoms with Gasteiger partial charge in [0.25, 0.3) is 0 Å². The van der Waals surface area contributed by atoms with Crippen molar-refractivity contribution in [2.75, 3.05) is 13.1 Å². The van der Waals surface area contributed by atoms with E-state index in [0.717, 1.165) is 25.8 Å². The van der Waals surface area contributed by atoms with Crippen LogP contribution in [-0.2, 0) is 9.59 Å². The number of Topliss-reactive ketones (excluding diaryl/α,β-unsaturated/α-hetero) is 1. The maximum Gasteiger partial charge on any atom is 0.222 e. The van der Waals surface area contributed by atoms with Crippen molar-refractivity contribution in [2.45, 2.75) is 52.9 Å². The topological polar surface area (TPSA) is 37.4 Å². The van der Waals surface area contributed by atoms with E-state index in [1.807, 2.05) is 6.92 Å². The molecule has 3 nitrogen and oxygen atoms in total. The van der Waals surface area contributed by atoms with Gasteiger partial charge in [0, 0.05) is 19.4 Å². The van der Waals surface area contributed by atoms with Gasteiger partial charge in [-0.3, -0.25) is 9.59 Å². The fourth-order valence-corrected chi connectivity index (χ4v) is 2.03. The van der Waals surface area contributed by atoms with Crippen LogP contribution in [0.25, 0.3) is 0 Å². The van der Waals surface area contributed by atoms with Crippen LogP contribution in [0.3, 0.4) is 0 Å². The first kappa shape index (κ1) is 13.2. The molecule has 0 aliphatic carbocycles. The van der Waals surface area contributed by atoms with Gasteiger partial charge < -0.3 is 4.90 Å². The number of hydrogen-bond acceptors (Lipinski definition) is 2. The summed E-state index contributed by atoms with van der Waals surface area (Å²) in [5.74, 6) is 0.339. The van der Waals surface area contributed by atoms with Gasteiger partial charge in [-0.05, 0) is 24.7 Å². The van der Waals surface area contributed by atoms with Gasteiger partial charge in [-0.2, -0.15) is 0 Å². The molecule has 0 radical (unpaired) electrons. The molecule has 0 saturated carbocycles. The number of hydrogen-bond donors (Lipinski definition) is 0. The molecule has 92 valence electrons. The summed E-state index contributed by atoms with van der Waals surface area (Å²) in [7, 11) is 0. The van der Waals surface area contributed by atoms with Crippen molar-refractivity contribution >= 4 is 11.7 Å². The lowest BCUT2D eigenvalue weighted by molar-refractivity contribution is -0.134. The number of rotatable bonds is 4. The number of ketones is 1. The van der Waals surface area contributed by atoms with Gasteiger partial charge in [0.1, 0.15) is 0 Å². The van der Waals surface area contributed by atoms with Crippen molar-refractivity contribution in [3.05, 3.63) is 0 Å². The molecule has 3 heteroatoms. The Hall–Kier alpha value is -0.860. The summed E-state index contributed by atoms with van der Waals surface area (Å²) >= 11 is 0. The van der Waals surface area contributed by atoms with Crippen LogP contribution in [-0.4, -0.2) is 29.7 Å². The Morgan fingerprint density at radius 2 is 2.06 bits per heavy atom. The van der Waals surface area contributed by atoms with E-state index in [1.54, 1.807) is 4.90 Å². The van der Waals surface area contributed by atoms with Crippen LogP contribution in [0.15, 0.2) is 0 Å². The van der Waals surface area contributed by atoms with Crippen molar-refractivity contribution in [3.8, 4) is 0 Å². The minimum absolute atomic E-state index is 0.148. The van der Waals surface area contributed by atoms with Crippen LogP contribution >= 0.6 is 0 Å². The zero-order chi connectivity index (χ0) is 12.2. The minimum Gasteiger partial charge on any atom is -0.335 e. The Labute approximate surface area is 98.2 Å². The van der Waals surface area contributed by atoms with Crippen LogP contribution in [0.1, 0.15) is 52.9 Å². The molecule has 1 rings (SSSR count). The highest BCUT2D eigenvalue weighted by Gasteiger charge is 2.27. The molecule has 1 saturated heterocycles. The van der Waals surface area contributed by atoms with Crippen molar-refractivity contribution in [1.29, 1.82) is 0 Å². The average Bonchev–Trinajstić information content (AvgIpc) is 2.31. The van der Waals surface area contributed by atoms with Gasteiger partial charge in [0.05, 0.1) is 6.54 Å². The van der Waals surface area contributed by atoms with E-state index in [2.05, 4.69) is 13.8 Å². The first-order chi connectivity index (χ1) is 7.44. The third kappa shape index (κ3) is 3.95. The molecule has 0 atom stereocenters. The first-order valence-corrected chi connectivity index (χ1v) is 6.24. The Morgan fingerprint density at radius 1 is 1.38 bits per heavy atom. The molecule has 1 aliphatic rings. The molecular formula is C13H23NO2. The Bertz CT molecular complexity index is 271. The standard InChI is InChI=1S/C13H23NO2/c1-4-5-11(15)10-14-9-8-13(2,3)7-6-12(14)16/h4-10H2,1-3H3. The zero-order valence-electron chi connectivity index (χ0n) is 10.7. The summed E-state index contributed by atoms with van der Waals surface area (Å²) < 4.78 is 0. The molecule has 1 heterocycles. The SMILES string of the molecule is CCCC(=O)CN1CCC(C)(C)CCC1=O. The summed E-state index contributed by atoms with van der Waals surface area (Å²) in [6.07, 6.45) is 3.98. The van der Waals surface area contributed by atoms with Crippen molar-refractivity contribution in [3.63, 3.8) is 0 Å². The van der Waals surface area contributed by atoms with E-state index in [0.29, 0.717) is 19.4 Å². The molecule has 16 heavy (non-hydrogen) atoms. The highest BCUT2D eigenvalue weighted by molar-refractivity contribution is 5.86. The van der Waals surface area contributed by atoms with Crippen molar-refractivity contribution < 1.29 is 9.59 Å². The maximum absolute atomic E-state index is 11.8. The predicted octanol–water partition coefficient (Wildman–Crippen LogP) is 2.39. The van der Waals surface area contributed by atoms with Crippen LogP contribution in [0.2, 0.25) is 0 Å². The Morgan fingerprint density at radius 3 is 2.69 bits per heavy atom. The van der Waals surface area contributed by atoms with Crippen LogP contribution < -0.4 is 0 Å². The van der Waals surface area contributed by atoms with Gasteiger partial charge in [-0.15, -0.1) is 0 Å². The highest BCUT2D eigenvalue weighted by Crippen LogP contribution is 2.30. The fraction of sp³-hybridized carbons (Fsp3) is 0.846. The van der Waals surface area contributed by atoms with Gasteiger partial charge in [-0.25, -0.2) is 0 Å². The van der Waals surface area contributed by atoms with Crippen LogP contribution in [0.5, 0.6) is 0 Å². The highest BCUT2D eigenvalue weighted by atomic mass is 16.2. The van der Waals surface area contributed by atoms with Crippen LogP contribution in [0.4, 0.5) is 0 Å². The molecule has 0 bridgehead atoms. The largest absolute Gasteiger partial charge is 0.335 e. The molecule has 1 fully saturated rings. The number of likely N-dealkylation sites (tertiary alicyclic amines) is 1. The summed E-state index contributed by atoms with van der Waals surface area (Å²) in [5.41, 5.74) is 0.234. The van der Waals surface area contributed by atoms with E-state index >= 15 is 0 Å². The molecule has 0 spiro atoms. The molecule has 1 aliphatic heterocycles. The van der Waals surface area contributed by atoms with E-state index in [-0.39, 0.29) is 17.1 Å². The molecule has 0 N–H and O–H groups in total. The smallest absolute Gasteiger partial charge is 0.222 e. The second kappa shape index (κ2) is 5.46. The van der Waals surface area contributed by atoms with E-state index in [1.165, 1.54) is 0 Å². The van der Waals surface area contributed by atoms with Gasteiger partial charge in [-0.1, -0.05) is 20.8 Å². The summed E-state index contributed by atoms with van der Waals surface area (Å²) in [6.45, 7) is 7.44. The Kier molecular flexibility index (Phi) is 4.51. The molecular weight excluding hydrogens is 202 g/mol. The molecule has 0 aromatic rings. The fourth-order valence-electron chi connectivity index (χ4n) is 2.03. The van der Waals surface area contributed by atoms with E-state index in [9.17, 15) is 9.59 Å². The van der Waals surface area contributed by atoms with Gasteiger partial charge in [0.15, 0.2) is 5.78 Å². The molecule has 0 aromatic heterocycles. The number of carbonyl (C=O) groups is 2. The molecule has 0 aromatic carbocycles. The van der Waals surface area contributed by atoms with Gasteiger partial charge >= 0.3 is 0 Å². The second-order valence-corrected chi connectivity index (χ2v) is 5.52. The third-order valence-corrected chi connectivity index (χ3v) is 3.32. The van der Waals surface area contributed by atoms with E-state index in [4.69, 9.17) is 0 Å². The maximum atomic E-state index is 11.8. The second-order valence-electron chi connectivity index (χ2n) is 5.52. The number of carbonyl (C=O) groups excluding carboxylic acids is 2. The molecule has 0 unspecified atom stereocenters.